The number of anilines is 2. The highest BCUT2D eigenvalue weighted by Gasteiger charge is 2.07. The van der Waals surface area contributed by atoms with E-state index < -0.39 is 5.91 Å². The zero-order valence-corrected chi connectivity index (χ0v) is 17.0. The minimum atomic E-state index is -0.392. The Morgan fingerprint density at radius 3 is 2.39 bits per heavy atom. The molecule has 2 aromatic carbocycles. The molecule has 0 aliphatic heterocycles. The second kappa shape index (κ2) is 11.3. The first-order valence-electron chi connectivity index (χ1n) is 8.85. The van der Waals surface area contributed by atoms with Gasteiger partial charge in [-0.3, -0.25) is 14.9 Å². The normalized spacial score (nSPS) is 10.1. The molecule has 6 nitrogen and oxygen atoms in total. The largest absolute Gasteiger partial charge is 0.484 e. The smallest absolute Gasteiger partial charge is 0.264 e. The van der Waals surface area contributed by atoms with Crippen LogP contribution < -0.4 is 20.7 Å². The molecule has 28 heavy (non-hydrogen) atoms. The minimum Gasteiger partial charge on any atom is -0.484 e. The number of rotatable bonds is 8. The van der Waals surface area contributed by atoms with Crippen molar-refractivity contribution in [1.29, 1.82) is 0 Å². The summed E-state index contributed by atoms with van der Waals surface area (Å²) in [6, 6.07) is 13.8. The number of amides is 2. The topological polar surface area (TPSA) is 79.5 Å². The molecule has 0 saturated heterocycles. The number of nitrogens with one attached hydrogen (secondary N) is 3. The Hall–Kier alpha value is -2.64. The van der Waals surface area contributed by atoms with Crippen LogP contribution in [0.3, 0.4) is 0 Å². The van der Waals surface area contributed by atoms with Gasteiger partial charge in [0.25, 0.3) is 5.91 Å². The Bertz CT molecular complexity index is 828. The van der Waals surface area contributed by atoms with Crippen molar-refractivity contribution >= 4 is 52.1 Å². The summed E-state index contributed by atoms with van der Waals surface area (Å²) in [7, 11) is 0. The van der Waals surface area contributed by atoms with Gasteiger partial charge in [0, 0.05) is 22.8 Å². The van der Waals surface area contributed by atoms with Gasteiger partial charge in [0.05, 0.1) is 0 Å². The molecular formula is C20H22ClN3O3S. The molecular weight excluding hydrogens is 398 g/mol. The Morgan fingerprint density at radius 2 is 1.71 bits per heavy atom. The SMILES string of the molecule is CCCCC(=O)Nc1cccc(NC(=S)NC(=O)COc2ccc(Cl)cc2)c1. The maximum Gasteiger partial charge on any atom is 0.264 e. The molecule has 148 valence electrons. The average Bonchev–Trinajstić information content (AvgIpc) is 2.66. The van der Waals surface area contributed by atoms with E-state index in [1.165, 1.54) is 0 Å². The van der Waals surface area contributed by atoms with E-state index in [9.17, 15) is 9.59 Å². The third-order valence-corrected chi connectivity index (χ3v) is 4.05. The Labute approximate surface area is 174 Å². The number of hydrogen-bond donors (Lipinski definition) is 3. The number of carbonyl (C=O) groups is 2. The number of unbranched alkanes of at least 4 members (excludes halogenated alkanes) is 1. The third-order valence-electron chi connectivity index (χ3n) is 3.60. The average molecular weight is 420 g/mol. The predicted octanol–water partition coefficient (Wildman–Crippen LogP) is 4.36. The molecule has 2 rings (SSSR count). The molecule has 0 spiro atoms. The van der Waals surface area contributed by atoms with Crippen molar-refractivity contribution in [3.05, 3.63) is 53.6 Å². The van der Waals surface area contributed by atoms with Crippen LogP contribution in [0.4, 0.5) is 11.4 Å². The summed E-state index contributed by atoms with van der Waals surface area (Å²) in [5.41, 5.74) is 1.31. The van der Waals surface area contributed by atoms with Crippen molar-refractivity contribution in [2.45, 2.75) is 26.2 Å². The number of ether oxygens (including phenoxy) is 1. The number of thiocarbonyl (C=S) groups is 1. The maximum absolute atomic E-state index is 12.0. The number of halogens is 1. The number of carbonyl (C=O) groups excluding carboxylic acids is 2. The quantitative estimate of drug-likeness (QED) is 0.554. The third kappa shape index (κ3) is 7.94. The highest BCUT2D eigenvalue weighted by atomic mass is 35.5. The lowest BCUT2D eigenvalue weighted by molar-refractivity contribution is -0.121. The molecule has 0 bridgehead atoms. The van der Waals surface area contributed by atoms with Crippen LogP contribution in [0.15, 0.2) is 48.5 Å². The van der Waals surface area contributed by atoms with Crippen molar-refractivity contribution in [2.24, 2.45) is 0 Å². The first-order chi connectivity index (χ1) is 13.5. The van der Waals surface area contributed by atoms with Crippen LogP contribution in [-0.4, -0.2) is 23.5 Å². The number of hydrogen-bond acceptors (Lipinski definition) is 4. The number of benzene rings is 2. The standard InChI is InChI=1S/C20H22ClN3O3S/c1-2-3-7-18(25)22-15-5-4-6-16(12-15)23-20(28)24-19(26)13-27-17-10-8-14(21)9-11-17/h4-6,8-12H,2-3,7,13H2,1H3,(H,22,25)(H2,23,24,26,28). The lowest BCUT2D eigenvalue weighted by Gasteiger charge is -2.12. The van der Waals surface area contributed by atoms with Gasteiger partial charge < -0.3 is 15.4 Å². The van der Waals surface area contributed by atoms with Gasteiger partial charge in [0.2, 0.25) is 5.91 Å². The van der Waals surface area contributed by atoms with E-state index in [1.807, 2.05) is 6.92 Å². The van der Waals surface area contributed by atoms with Gasteiger partial charge in [0.1, 0.15) is 5.75 Å². The van der Waals surface area contributed by atoms with Gasteiger partial charge in [-0.25, -0.2) is 0 Å². The molecule has 0 aromatic heterocycles. The molecule has 0 aliphatic rings. The van der Waals surface area contributed by atoms with Crippen LogP contribution in [0.25, 0.3) is 0 Å². The lowest BCUT2D eigenvalue weighted by atomic mass is 10.2. The van der Waals surface area contributed by atoms with Crippen molar-refractivity contribution in [2.75, 3.05) is 17.2 Å². The molecule has 3 N–H and O–H groups in total. The van der Waals surface area contributed by atoms with Crippen LogP contribution >= 0.6 is 23.8 Å². The zero-order valence-electron chi connectivity index (χ0n) is 15.5. The minimum absolute atomic E-state index is 0.0331. The fourth-order valence-electron chi connectivity index (χ4n) is 2.24. The maximum atomic E-state index is 12.0. The first-order valence-corrected chi connectivity index (χ1v) is 9.64. The van der Waals surface area contributed by atoms with E-state index >= 15 is 0 Å². The van der Waals surface area contributed by atoms with Crippen LogP contribution in [0.2, 0.25) is 5.02 Å². The summed E-state index contributed by atoms with van der Waals surface area (Å²) < 4.78 is 5.36. The van der Waals surface area contributed by atoms with Crippen LogP contribution in [0.1, 0.15) is 26.2 Å². The predicted molar refractivity (Wildman–Crippen MR) is 116 cm³/mol. The van der Waals surface area contributed by atoms with E-state index in [1.54, 1.807) is 48.5 Å². The van der Waals surface area contributed by atoms with Crippen LogP contribution in [0.5, 0.6) is 5.75 Å². The molecule has 2 aromatic rings. The van der Waals surface area contributed by atoms with E-state index in [4.69, 9.17) is 28.6 Å². The van der Waals surface area contributed by atoms with Crippen LogP contribution in [0, 0.1) is 0 Å². The summed E-state index contributed by atoms with van der Waals surface area (Å²) in [6.45, 7) is 1.85. The fourth-order valence-corrected chi connectivity index (χ4v) is 2.60. The van der Waals surface area contributed by atoms with Crippen molar-refractivity contribution in [3.63, 3.8) is 0 Å². The Kier molecular flexibility index (Phi) is 8.71. The van der Waals surface area contributed by atoms with Gasteiger partial charge in [-0.15, -0.1) is 0 Å². The molecule has 0 saturated carbocycles. The second-order valence-corrected chi connectivity index (χ2v) is 6.82. The van der Waals surface area contributed by atoms with Crippen LogP contribution in [-0.2, 0) is 9.59 Å². The van der Waals surface area contributed by atoms with E-state index in [-0.39, 0.29) is 17.6 Å². The molecule has 0 heterocycles. The van der Waals surface area contributed by atoms with Gasteiger partial charge >= 0.3 is 0 Å². The molecule has 0 aliphatic carbocycles. The van der Waals surface area contributed by atoms with E-state index in [2.05, 4.69) is 16.0 Å². The van der Waals surface area contributed by atoms with E-state index in [0.717, 1.165) is 12.8 Å². The molecule has 0 atom stereocenters. The molecule has 0 unspecified atom stereocenters. The summed E-state index contributed by atoms with van der Waals surface area (Å²) in [4.78, 5) is 23.8. The van der Waals surface area contributed by atoms with Gasteiger partial charge in [-0.05, 0) is 61.1 Å². The second-order valence-electron chi connectivity index (χ2n) is 5.98. The summed E-state index contributed by atoms with van der Waals surface area (Å²) in [5.74, 6) is 0.107. The highest BCUT2D eigenvalue weighted by molar-refractivity contribution is 7.80. The summed E-state index contributed by atoms with van der Waals surface area (Å²) in [5, 5.41) is 9.01. The summed E-state index contributed by atoms with van der Waals surface area (Å²) in [6.07, 6.45) is 2.29. The highest BCUT2D eigenvalue weighted by Crippen LogP contribution is 2.16. The lowest BCUT2D eigenvalue weighted by Crippen LogP contribution is -2.37. The molecule has 2 amide bonds. The Balaban J connectivity index is 1.80. The summed E-state index contributed by atoms with van der Waals surface area (Å²) >= 11 is 10.9. The molecule has 0 radical (unpaired) electrons. The van der Waals surface area contributed by atoms with Crippen molar-refractivity contribution in [1.82, 2.24) is 5.32 Å². The Morgan fingerprint density at radius 1 is 1.04 bits per heavy atom. The van der Waals surface area contributed by atoms with Crippen molar-refractivity contribution < 1.29 is 14.3 Å². The first kappa shape index (κ1) is 21.7. The monoisotopic (exact) mass is 419 g/mol. The zero-order chi connectivity index (χ0) is 20.4. The van der Waals surface area contributed by atoms with Gasteiger partial charge in [-0.1, -0.05) is 31.0 Å². The van der Waals surface area contributed by atoms with Crippen molar-refractivity contribution in [3.8, 4) is 5.75 Å². The molecule has 8 heteroatoms. The fraction of sp³-hybridized carbons (Fsp3) is 0.250. The van der Waals surface area contributed by atoms with Gasteiger partial charge in [-0.2, -0.15) is 0 Å². The van der Waals surface area contributed by atoms with Gasteiger partial charge in [0.15, 0.2) is 11.7 Å². The molecule has 0 fully saturated rings. The van der Waals surface area contributed by atoms with E-state index in [0.29, 0.717) is 28.6 Å².